The number of hydrogen-bond acceptors (Lipinski definition) is 6. The lowest BCUT2D eigenvalue weighted by Gasteiger charge is -2.31. The molecular formula is C21H23NO6. The molecule has 1 aromatic carbocycles. The van der Waals surface area contributed by atoms with Crippen LogP contribution in [0.15, 0.2) is 41.2 Å². The molecule has 0 fully saturated rings. The number of carbonyl (C=O) groups is 2. The molecule has 2 aromatic rings. The number of fused-ring (bicyclic) bond motifs is 1. The Kier molecular flexibility index (Phi) is 5.82. The maximum Gasteiger partial charge on any atom is 0.309 e. The third-order valence-electron chi connectivity index (χ3n) is 5.21. The van der Waals surface area contributed by atoms with Gasteiger partial charge in [-0.15, -0.1) is 0 Å². The molecule has 1 aromatic heterocycles. The van der Waals surface area contributed by atoms with Crippen molar-refractivity contribution in [2.75, 3.05) is 21.3 Å². The molecule has 1 aliphatic carbocycles. The van der Waals surface area contributed by atoms with Gasteiger partial charge in [-0.1, -0.05) is 30.3 Å². The number of ether oxygens (including phenoxy) is 3. The first-order valence-corrected chi connectivity index (χ1v) is 8.99. The summed E-state index contributed by atoms with van der Waals surface area (Å²) >= 11 is 0. The number of benzene rings is 1. The van der Waals surface area contributed by atoms with Gasteiger partial charge in [0.15, 0.2) is 5.75 Å². The van der Waals surface area contributed by atoms with Gasteiger partial charge in [-0.25, -0.2) is 0 Å². The van der Waals surface area contributed by atoms with Crippen LogP contribution in [0.5, 0.6) is 5.75 Å². The first-order valence-electron chi connectivity index (χ1n) is 8.99. The van der Waals surface area contributed by atoms with Crippen LogP contribution in [0.2, 0.25) is 0 Å². The van der Waals surface area contributed by atoms with Crippen molar-refractivity contribution < 1.29 is 23.8 Å². The van der Waals surface area contributed by atoms with E-state index in [0.29, 0.717) is 12.2 Å². The Hall–Kier alpha value is -3.09. The van der Waals surface area contributed by atoms with E-state index in [2.05, 4.69) is 0 Å². The van der Waals surface area contributed by atoms with E-state index in [4.69, 9.17) is 14.2 Å². The number of hydrogen-bond donors (Lipinski definition) is 0. The smallest absolute Gasteiger partial charge is 0.309 e. The molecule has 0 spiro atoms. The van der Waals surface area contributed by atoms with Crippen molar-refractivity contribution >= 4 is 11.9 Å². The van der Waals surface area contributed by atoms with E-state index < -0.39 is 23.8 Å². The summed E-state index contributed by atoms with van der Waals surface area (Å²) in [5, 5.41) is 0. The second-order valence-electron chi connectivity index (χ2n) is 6.73. The van der Waals surface area contributed by atoms with Crippen LogP contribution in [0, 0.1) is 11.8 Å². The quantitative estimate of drug-likeness (QED) is 0.727. The number of pyridine rings is 1. The molecule has 148 valence electrons. The van der Waals surface area contributed by atoms with Gasteiger partial charge in [0.25, 0.3) is 5.56 Å². The minimum atomic E-state index is -0.709. The molecule has 0 saturated heterocycles. The molecule has 1 aliphatic rings. The molecule has 0 bridgehead atoms. The van der Waals surface area contributed by atoms with Crippen LogP contribution in [-0.4, -0.2) is 37.8 Å². The van der Waals surface area contributed by atoms with E-state index in [-0.39, 0.29) is 24.2 Å². The maximum atomic E-state index is 12.9. The molecule has 28 heavy (non-hydrogen) atoms. The minimum absolute atomic E-state index is 0.204. The second-order valence-corrected chi connectivity index (χ2v) is 6.73. The lowest BCUT2D eigenvalue weighted by molar-refractivity contribution is -0.158. The molecule has 7 nitrogen and oxygen atoms in total. The summed E-state index contributed by atoms with van der Waals surface area (Å²) < 4.78 is 16.7. The van der Waals surface area contributed by atoms with Gasteiger partial charge in [0.05, 0.1) is 39.7 Å². The molecule has 0 amide bonds. The van der Waals surface area contributed by atoms with Crippen LogP contribution in [0.1, 0.15) is 16.8 Å². The Morgan fingerprint density at radius 1 is 1.00 bits per heavy atom. The van der Waals surface area contributed by atoms with Crippen molar-refractivity contribution in [2.45, 2.75) is 19.4 Å². The summed E-state index contributed by atoms with van der Waals surface area (Å²) in [5.41, 5.74) is 2.18. The van der Waals surface area contributed by atoms with Gasteiger partial charge in [-0.2, -0.15) is 0 Å². The third-order valence-corrected chi connectivity index (χ3v) is 5.21. The van der Waals surface area contributed by atoms with E-state index in [1.807, 2.05) is 30.3 Å². The molecule has 1 heterocycles. The lowest BCUT2D eigenvalue weighted by atomic mass is 9.77. The fourth-order valence-corrected chi connectivity index (χ4v) is 3.76. The highest BCUT2D eigenvalue weighted by molar-refractivity contribution is 5.83. The van der Waals surface area contributed by atoms with Crippen molar-refractivity contribution in [3.8, 4) is 5.75 Å². The van der Waals surface area contributed by atoms with E-state index >= 15 is 0 Å². The summed E-state index contributed by atoms with van der Waals surface area (Å²) in [6.45, 7) is 0.343. The second kappa shape index (κ2) is 8.29. The molecule has 0 saturated carbocycles. The van der Waals surface area contributed by atoms with Crippen molar-refractivity contribution in [3.05, 3.63) is 63.6 Å². The normalized spacial score (nSPS) is 18.1. The molecule has 7 heteroatoms. The highest BCUT2D eigenvalue weighted by atomic mass is 16.5. The van der Waals surface area contributed by atoms with Gasteiger partial charge in [-0.05, 0) is 23.6 Å². The van der Waals surface area contributed by atoms with E-state index in [1.54, 1.807) is 10.6 Å². The molecule has 0 radical (unpaired) electrons. The molecular weight excluding hydrogens is 362 g/mol. The van der Waals surface area contributed by atoms with Crippen molar-refractivity contribution in [2.24, 2.45) is 11.8 Å². The average Bonchev–Trinajstić information content (AvgIpc) is 2.74. The monoisotopic (exact) mass is 385 g/mol. The fraction of sp³-hybridized carbons (Fsp3) is 0.381. The number of aromatic nitrogens is 1. The first kappa shape index (κ1) is 19.7. The molecule has 0 N–H and O–H groups in total. The number of methoxy groups -OCH3 is 3. The van der Waals surface area contributed by atoms with Gasteiger partial charge in [-0.3, -0.25) is 14.4 Å². The van der Waals surface area contributed by atoms with Gasteiger partial charge in [0, 0.05) is 12.1 Å². The van der Waals surface area contributed by atoms with E-state index in [1.165, 1.54) is 21.3 Å². The highest BCUT2D eigenvalue weighted by Crippen LogP contribution is 2.33. The Balaban J connectivity index is 2.12. The SMILES string of the molecule is COC(=O)[C@H]1Cc2c(cc(OC)c(=O)n2Cc2ccccc2)C[C@H]1C(=O)OC. The summed E-state index contributed by atoms with van der Waals surface area (Å²) in [5.74, 6) is -2.14. The van der Waals surface area contributed by atoms with E-state index in [9.17, 15) is 14.4 Å². The zero-order chi connectivity index (χ0) is 20.3. The molecule has 0 unspecified atom stereocenters. The van der Waals surface area contributed by atoms with Gasteiger partial charge >= 0.3 is 11.9 Å². The van der Waals surface area contributed by atoms with Crippen molar-refractivity contribution in [3.63, 3.8) is 0 Å². The number of carbonyl (C=O) groups excluding carboxylic acids is 2. The van der Waals surface area contributed by atoms with Crippen LogP contribution in [0.3, 0.4) is 0 Å². The zero-order valence-electron chi connectivity index (χ0n) is 16.1. The standard InChI is InChI=1S/C21H23NO6/c1-26-18-10-14-9-15(20(24)27-2)16(21(25)28-3)11-17(14)22(19(18)23)12-13-7-5-4-6-8-13/h4-8,10,15-16H,9,11-12H2,1-3H3/t15-,16+/m1/s1. The van der Waals surface area contributed by atoms with E-state index in [0.717, 1.165) is 11.1 Å². The Morgan fingerprint density at radius 2 is 1.61 bits per heavy atom. The minimum Gasteiger partial charge on any atom is -0.491 e. The third kappa shape index (κ3) is 3.65. The Bertz CT molecular complexity index is 934. The molecule has 0 aliphatic heterocycles. The molecule has 3 rings (SSSR count). The van der Waals surface area contributed by atoms with Gasteiger partial charge < -0.3 is 18.8 Å². The number of esters is 2. The number of rotatable bonds is 5. The largest absolute Gasteiger partial charge is 0.491 e. The summed E-state index contributed by atoms with van der Waals surface area (Å²) in [7, 11) is 4.02. The van der Waals surface area contributed by atoms with Gasteiger partial charge in [0.1, 0.15) is 0 Å². The first-order chi connectivity index (χ1) is 13.5. The summed E-state index contributed by atoms with van der Waals surface area (Å²) in [6.07, 6.45) is 0.487. The fourth-order valence-electron chi connectivity index (χ4n) is 3.76. The highest BCUT2D eigenvalue weighted by Gasteiger charge is 2.41. The van der Waals surface area contributed by atoms with Crippen LogP contribution in [0.4, 0.5) is 0 Å². The number of nitrogens with zero attached hydrogens (tertiary/aromatic N) is 1. The van der Waals surface area contributed by atoms with Crippen LogP contribution in [-0.2, 0) is 38.4 Å². The predicted molar refractivity (Wildman–Crippen MR) is 101 cm³/mol. The maximum absolute atomic E-state index is 12.9. The van der Waals surface area contributed by atoms with Crippen LogP contribution < -0.4 is 10.3 Å². The predicted octanol–water partition coefficient (Wildman–Crippen LogP) is 1.58. The summed E-state index contributed by atoms with van der Waals surface area (Å²) in [6, 6.07) is 11.2. The average molecular weight is 385 g/mol. The van der Waals surface area contributed by atoms with Crippen molar-refractivity contribution in [1.29, 1.82) is 0 Å². The topological polar surface area (TPSA) is 83.8 Å². The Morgan fingerprint density at radius 3 is 2.18 bits per heavy atom. The zero-order valence-corrected chi connectivity index (χ0v) is 16.1. The lowest BCUT2D eigenvalue weighted by Crippen LogP contribution is -2.41. The summed E-state index contributed by atoms with van der Waals surface area (Å²) in [4.78, 5) is 37.5. The van der Waals surface area contributed by atoms with Crippen LogP contribution in [0.25, 0.3) is 0 Å². The Labute approximate surface area is 162 Å². The van der Waals surface area contributed by atoms with Crippen LogP contribution >= 0.6 is 0 Å². The van der Waals surface area contributed by atoms with Gasteiger partial charge in [0.2, 0.25) is 0 Å². The molecule has 2 atom stereocenters. The van der Waals surface area contributed by atoms with Crippen molar-refractivity contribution in [1.82, 2.24) is 4.57 Å².